The molecule has 0 saturated heterocycles. The minimum atomic E-state index is -0.284. The molecular formula is C17H18FN3. The Kier molecular flexibility index (Phi) is 3.37. The van der Waals surface area contributed by atoms with Crippen LogP contribution >= 0.6 is 0 Å². The highest BCUT2D eigenvalue weighted by Gasteiger charge is 2.31. The standard InChI is InChI=1S/C17H18FN3/c1-11-6-5-7-13(12(11)2)16-10-20-17(19)21(16)15-9-4-3-8-14(15)18/h3-9,16H,10H2,1-2H3,(H2,19,20). The molecule has 3 nitrogen and oxygen atoms in total. The Bertz CT molecular complexity index is 709. The van der Waals surface area contributed by atoms with Gasteiger partial charge in [0.25, 0.3) is 0 Å². The van der Waals surface area contributed by atoms with Crippen molar-refractivity contribution in [1.29, 1.82) is 0 Å². The lowest BCUT2D eigenvalue weighted by Crippen LogP contribution is -2.37. The largest absolute Gasteiger partial charge is 0.369 e. The van der Waals surface area contributed by atoms with Crippen molar-refractivity contribution in [1.82, 2.24) is 0 Å². The van der Waals surface area contributed by atoms with Crippen LogP contribution in [0.5, 0.6) is 0 Å². The Morgan fingerprint density at radius 2 is 1.90 bits per heavy atom. The predicted octanol–water partition coefficient (Wildman–Crippen LogP) is 3.32. The lowest BCUT2D eigenvalue weighted by Gasteiger charge is -2.28. The molecule has 0 amide bonds. The zero-order valence-corrected chi connectivity index (χ0v) is 12.2. The number of nitrogens with two attached hydrogens (primary N) is 1. The first kappa shape index (κ1) is 13.6. The molecule has 1 aliphatic rings. The van der Waals surface area contributed by atoms with Crippen molar-refractivity contribution < 1.29 is 4.39 Å². The Morgan fingerprint density at radius 1 is 1.14 bits per heavy atom. The van der Waals surface area contributed by atoms with E-state index in [0.29, 0.717) is 18.2 Å². The van der Waals surface area contributed by atoms with Crippen molar-refractivity contribution in [3.05, 3.63) is 65.0 Å². The van der Waals surface area contributed by atoms with Gasteiger partial charge in [-0.15, -0.1) is 0 Å². The second-order valence-corrected chi connectivity index (χ2v) is 5.33. The van der Waals surface area contributed by atoms with E-state index < -0.39 is 0 Å². The molecule has 1 aliphatic heterocycles. The number of anilines is 1. The number of nitrogens with zero attached hydrogens (tertiary/aromatic N) is 2. The van der Waals surface area contributed by atoms with Crippen LogP contribution in [0.1, 0.15) is 22.7 Å². The normalized spacial score (nSPS) is 18.0. The zero-order chi connectivity index (χ0) is 15.0. The van der Waals surface area contributed by atoms with Crippen LogP contribution in [-0.2, 0) is 0 Å². The molecule has 0 aromatic heterocycles. The number of para-hydroxylation sites is 1. The van der Waals surface area contributed by atoms with E-state index in [1.807, 2.05) is 12.1 Å². The van der Waals surface area contributed by atoms with Crippen molar-refractivity contribution in [3.8, 4) is 0 Å². The molecule has 0 bridgehead atoms. The number of benzene rings is 2. The first-order chi connectivity index (χ1) is 10.1. The Hall–Kier alpha value is -2.36. The van der Waals surface area contributed by atoms with Gasteiger partial charge in [-0.05, 0) is 42.7 Å². The summed E-state index contributed by atoms with van der Waals surface area (Å²) >= 11 is 0. The molecule has 1 heterocycles. The number of aryl methyl sites for hydroxylation is 1. The average molecular weight is 283 g/mol. The van der Waals surface area contributed by atoms with Crippen LogP contribution in [0.4, 0.5) is 10.1 Å². The zero-order valence-electron chi connectivity index (χ0n) is 12.2. The molecule has 4 heteroatoms. The van der Waals surface area contributed by atoms with E-state index in [2.05, 4.69) is 31.0 Å². The fourth-order valence-corrected chi connectivity index (χ4v) is 2.81. The number of aliphatic imine (C=N–C) groups is 1. The molecule has 21 heavy (non-hydrogen) atoms. The summed E-state index contributed by atoms with van der Waals surface area (Å²) in [6, 6.07) is 12.8. The highest BCUT2D eigenvalue weighted by atomic mass is 19.1. The minimum Gasteiger partial charge on any atom is -0.369 e. The quantitative estimate of drug-likeness (QED) is 0.918. The van der Waals surface area contributed by atoms with Crippen molar-refractivity contribution in [2.24, 2.45) is 10.7 Å². The van der Waals surface area contributed by atoms with Gasteiger partial charge in [0.05, 0.1) is 18.3 Å². The fraction of sp³-hybridized carbons (Fsp3) is 0.235. The van der Waals surface area contributed by atoms with Crippen LogP contribution in [0.3, 0.4) is 0 Å². The number of rotatable bonds is 2. The van der Waals surface area contributed by atoms with E-state index >= 15 is 0 Å². The first-order valence-electron chi connectivity index (χ1n) is 6.99. The third-order valence-corrected chi connectivity index (χ3v) is 4.10. The summed E-state index contributed by atoms with van der Waals surface area (Å²) in [5, 5.41) is 0. The third kappa shape index (κ3) is 2.27. The monoisotopic (exact) mass is 283 g/mol. The summed E-state index contributed by atoms with van der Waals surface area (Å²) in [4.78, 5) is 6.11. The van der Waals surface area contributed by atoms with Crippen LogP contribution < -0.4 is 10.6 Å². The molecular weight excluding hydrogens is 265 g/mol. The summed E-state index contributed by atoms with van der Waals surface area (Å²) in [6.45, 7) is 4.70. The van der Waals surface area contributed by atoms with Gasteiger partial charge in [-0.25, -0.2) is 4.39 Å². The maximum atomic E-state index is 14.1. The second-order valence-electron chi connectivity index (χ2n) is 5.33. The van der Waals surface area contributed by atoms with E-state index in [1.54, 1.807) is 17.0 Å². The Balaban J connectivity index is 2.08. The number of hydrogen-bond acceptors (Lipinski definition) is 3. The fourth-order valence-electron chi connectivity index (χ4n) is 2.81. The van der Waals surface area contributed by atoms with Gasteiger partial charge in [0, 0.05) is 0 Å². The van der Waals surface area contributed by atoms with Crippen LogP contribution in [0.25, 0.3) is 0 Å². The highest BCUT2D eigenvalue weighted by molar-refractivity contribution is 5.97. The number of halogens is 1. The van der Waals surface area contributed by atoms with Crippen molar-refractivity contribution in [3.63, 3.8) is 0 Å². The highest BCUT2D eigenvalue weighted by Crippen LogP contribution is 2.34. The van der Waals surface area contributed by atoms with Crippen LogP contribution in [0.15, 0.2) is 47.5 Å². The molecule has 1 unspecified atom stereocenters. The third-order valence-electron chi connectivity index (χ3n) is 4.10. The van der Waals surface area contributed by atoms with Crippen LogP contribution in [-0.4, -0.2) is 12.5 Å². The molecule has 2 N–H and O–H groups in total. The van der Waals surface area contributed by atoms with Crippen molar-refractivity contribution in [2.75, 3.05) is 11.4 Å². The molecule has 2 aromatic rings. The molecule has 0 fully saturated rings. The van der Waals surface area contributed by atoms with Crippen molar-refractivity contribution in [2.45, 2.75) is 19.9 Å². The minimum absolute atomic E-state index is 0.0539. The van der Waals surface area contributed by atoms with E-state index in [4.69, 9.17) is 5.73 Å². The summed E-state index contributed by atoms with van der Waals surface area (Å²) in [5.74, 6) is 0.0823. The maximum absolute atomic E-state index is 14.1. The summed E-state index contributed by atoms with van der Waals surface area (Å²) in [7, 11) is 0. The molecule has 0 saturated carbocycles. The van der Waals surface area contributed by atoms with Gasteiger partial charge in [-0.3, -0.25) is 4.99 Å². The lowest BCUT2D eigenvalue weighted by molar-refractivity contribution is 0.619. The molecule has 1 atom stereocenters. The molecule has 0 aliphatic carbocycles. The van der Waals surface area contributed by atoms with Gasteiger partial charge in [0.1, 0.15) is 5.82 Å². The SMILES string of the molecule is Cc1cccc(C2CN=C(N)N2c2ccccc2F)c1C. The number of hydrogen-bond donors (Lipinski definition) is 1. The van der Waals surface area contributed by atoms with Gasteiger partial charge in [-0.2, -0.15) is 0 Å². The summed E-state index contributed by atoms with van der Waals surface area (Å²) < 4.78 is 14.1. The van der Waals surface area contributed by atoms with Gasteiger partial charge in [0.15, 0.2) is 5.96 Å². The van der Waals surface area contributed by atoms with Gasteiger partial charge >= 0.3 is 0 Å². The summed E-state index contributed by atoms with van der Waals surface area (Å²) in [5.41, 5.74) is 10.0. The summed E-state index contributed by atoms with van der Waals surface area (Å²) in [6.07, 6.45) is 0. The topological polar surface area (TPSA) is 41.6 Å². The molecule has 2 aromatic carbocycles. The molecule has 0 radical (unpaired) electrons. The molecule has 108 valence electrons. The second kappa shape index (κ2) is 5.20. The lowest BCUT2D eigenvalue weighted by atomic mass is 9.96. The average Bonchev–Trinajstić information content (AvgIpc) is 2.84. The Labute approximate surface area is 123 Å². The van der Waals surface area contributed by atoms with Crippen LogP contribution in [0.2, 0.25) is 0 Å². The maximum Gasteiger partial charge on any atom is 0.196 e. The Morgan fingerprint density at radius 3 is 2.67 bits per heavy atom. The molecule has 3 rings (SSSR count). The molecule has 0 spiro atoms. The first-order valence-corrected chi connectivity index (χ1v) is 6.99. The van der Waals surface area contributed by atoms with Crippen LogP contribution in [0, 0.1) is 19.7 Å². The smallest absolute Gasteiger partial charge is 0.196 e. The van der Waals surface area contributed by atoms with Gasteiger partial charge in [0.2, 0.25) is 0 Å². The van der Waals surface area contributed by atoms with Crippen molar-refractivity contribution >= 4 is 11.6 Å². The van der Waals surface area contributed by atoms with Gasteiger partial charge in [-0.1, -0.05) is 30.3 Å². The predicted molar refractivity (Wildman–Crippen MR) is 84.0 cm³/mol. The van der Waals surface area contributed by atoms with E-state index in [0.717, 1.165) is 5.56 Å². The number of guanidine groups is 1. The van der Waals surface area contributed by atoms with E-state index in [9.17, 15) is 4.39 Å². The van der Waals surface area contributed by atoms with E-state index in [1.165, 1.54) is 17.2 Å². The van der Waals surface area contributed by atoms with Gasteiger partial charge < -0.3 is 10.6 Å². The van der Waals surface area contributed by atoms with E-state index in [-0.39, 0.29) is 11.9 Å².